The van der Waals surface area contributed by atoms with Crippen LogP contribution in [0.3, 0.4) is 0 Å². The van der Waals surface area contributed by atoms with Gasteiger partial charge in [-0.15, -0.1) is 0 Å². The topological polar surface area (TPSA) is 79.3 Å². The second kappa shape index (κ2) is 11.7. The molecule has 0 bridgehead atoms. The Balaban J connectivity index is 1.68. The molecule has 192 valence electrons. The van der Waals surface area contributed by atoms with Gasteiger partial charge in [0.25, 0.3) is 11.7 Å². The normalized spacial score (nSPS) is 20.2. The molecule has 0 radical (unpaired) electrons. The first-order valence-electron chi connectivity index (χ1n) is 12.5. The zero-order valence-electron chi connectivity index (χ0n) is 20.8. The van der Waals surface area contributed by atoms with Crippen molar-refractivity contribution in [3.05, 3.63) is 70.5 Å². The van der Waals surface area contributed by atoms with Gasteiger partial charge in [-0.2, -0.15) is 0 Å². The largest absolute Gasteiger partial charge is 0.507 e. The number of aliphatic hydroxyl groups excluding tert-OH is 1. The Bertz CT molecular complexity index is 1140. The lowest BCUT2D eigenvalue weighted by molar-refractivity contribution is -0.140. The molecule has 7 nitrogen and oxygen atoms in total. The number of rotatable bonds is 9. The summed E-state index contributed by atoms with van der Waals surface area (Å²) >= 11 is 0. The zero-order valence-corrected chi connectivity index (χ0v) is 20.8. The van der Waals surface area contributed by atoms with Crippen LogP contribution in [0.25, 0.3) is 5.76 Å². The molecule has 4 rings (SSSR count). The van der Waals surface area contributed by atoms with Crippen molar-refractivity contribution >= 4 is 17.4 Å². The number of benzene rings is 2. The molecule has 1 atom stereocenters. The molecule has 0 aliphatic carbocycles. The lowest BCUT2D eigenvalue weighted by Gasteiger charge is -2.29. The SMILES string of the molecule is CCCOc1ccc(C(O)=C2C(=O)C(=O)N(CCCN3CCOCC3)[C@@H]2c2ccccc2F)c(C)c1. The quantitative estimate of drug-likeness (QED) is 0.320. The fourth-order valence-electron chi connectivity index (χ4n) is 4.78. The molecule has 1 N–H and O–H groups in total. The Labute approximate surface area is 211 Å². The Morgan fingerprint density at radius 2 is 1.89 bits per heavy atom. The van der Waals surface area contributed by atoms with Gasteiger partial charge in [0.15, 0.2) is 0 Å². The van der Waals surface area contributed by atoms with Crippen LogP contribution >= 0.6 is 0 Å². The number of carbonyl (C=O) groups is 2. The molecule has 2 heterocycles. The molecule has 8 heteroatoms. The number of ketones is 1. The number of morpholine rings is 1. The third kappa shape index (κ3) is 5.44. The monoisotopic (exact) mass is 496 g/mol. The first kappa shape index (κ1) is 25.9. The highest BCUT2D eigenvalue weighted by Gasteiger charge is 2.46. The van der Waals surface area contributed by atoms with E-state index in [1.807, 2.05) is 6.92 Å². The summed E-state index contributed by atoms with van der Waals surface area (Å²) < 4.78 is 26.0. The molecular formula is C28H33FN2O5. The van der Waals surface area contributed by atoms with E-state index in [-0.39, 0.29) is 23.4 Å². The molecule has 2 aliphatic rings. The molecule has 2 aromatic rings. The van der Waals surface area contributed by atoms with E-state index < -0.39 is 23.5 Å². The van der Waals surface area contributed by atoms with Crippen LogP contribution in [0.4, 0.5) is 4.39 Å². The van der Waals surface area contributed by atoms with Crippen LogP contribution in [-0.4, -0.2) is 72.6 Å². The minimum Gasteiger partial charge on any atom is -0.507 e. The van der Waals surface area contributed by atoms with Gasteiger partial charge < -0.3 is 19.5 Å². The van der Waals surface area contributed by atoms with E-state index >= 15 is 0 Å². The summed E-state index contributed by atoms with van der Waals surface area (Å²) in [5.74, 6) is -1.73. The number of halogens is 1. The minimum atomic E-state index is -1.01. The summed E-state index contributed by atoms with van der Waals surface area (Å²) in [6.07, 6.45) is 1.47. The number of aryl methyl sites for hydroxylation is 1. The van der Waals surface area contributed by atoms with Gasteiger partial charge in [-0.05, 0) is 49.6 Å². The van der Waals surface area contributed by atoms with E-state index in [1.165, 1.54) is 11.0 Å². The average molecular weight is 497 g/mol. The summed E-state index contributed by atoms with van der Waals surface area (Å²) in [5, 5.41) is 11.3. The van der Waals surface area contributed by atoms with Crippen molar-refractivity contribution < 1.29 is 28.6 Å². The number of ether oxygens (including phenoxy) is 2. The lowest BCUT2D eigenvalue weighted by Crippen LogP contribution is -2.39. The van der Waals surface area contributed by atoms with Crippen LogP contribution in [0.2, 0.25) is 0 Å². The van der Waals surface area contributed by atoms with Crippen LogP contribution in [0.15, 0.2) is 48.0 Å². The van der Waals surface area contributed by atoms with Gasteiger partial charge >= 0.3 is 0 Å². The van der Waals surface area contributed by atoms with Gasteiger partial charge in [0.2, 0.25) is 0 Å². The highest BCUT2D eigenvalue weighted by atomic mass is 19.1. The molecule has 0 aromatic heterocycles. The Morgan fingerprint density at radius 3 is 2.58 bits per heavy atom. The van der Waals surface area contributed by atoms with E-state index in [0.29, 0.717) is 43.1 Å². The van der Waals surface area contributed by atoms with Crippen LogP contribution in [0.5, 0.6) is 5.75 Å². The van der Waals surface area contributed by atoms with Gasteiger partial charge in [-0.1, -0.05) is 25.1 Å². The maximum atomic E-state index is 15.0. The predicted octanol–water partition coefficient (Wildman–Crippen LogP) is 4.07. The Kier molecular flexibility index (Phi) is 8.38. The molecule has 0 unspecified atom stereocenters. The van der Waals surface area contributed by atoms with Gasteiger partial charge in [0.1, 0.15) is 17.3 Å². The molecular weight excluding hydrogens is 463 g/mol. The van der Waals surface area contributed by atoms with Gasteiger partial charge in [0, 0.05) is 37.3 Å². The third-order valence-corrected chi connectivity index (χ3v) is 6.64. The van der Waals surface area contributed by atoms with Gasteiger partial charge in [-0.3, -0.25) is 14.5 Å². The molecule has 2 aliphatic heterocycles. The minimum absolute atomic E-state index is 0.0956. The molecule has 0 saturated carbocycles. The van der Waals surface area contributed by atoms with Gasteiger partial charge in [0.05, 0.1) is 31.4 Å². The predicted molar refractivity (Wildman–Crippen MR) is 134 cm³/mol. The highest BCUT2D eigenvalue weighted by Crippen LogP contribution is 2.41. The second-order valence-corrected chi connectivity index (χ2v) is 9.15. The zero-order chi connectivity index (χ0) is 25.7. The molecule has 1 amide bonds. The molecule has 36 heavy (non-hydrogen) atoms. The van der Waals surface area contributed by atoms with E-state index in [0.717, 1.165) is 26.1 Å². The number of carbonyl (C=O) groups excluding carboxylic acids is 2. The van der Waals surface area contributed by atoms with Crippen molar-refractivity contribution in [2.45, 2.75) is 32.7 Å². The van der Waals surface area contributed by atoms with Crippen molar-refractivity contribution in [3.63, 3.8) is 0 Å². The Hall–Kier alpha value is -3.23. The van der Waals surface area contributed by atoms with Crippen molar-refractivity contribution in [1.29, 1.82) is 0 Å². The van der Waals surface area contributed by atoms with E-state index in [1.54, 1.807) is 43.3 Å². The van der Waals surface area contributed by atoms with Crippen LogP contribution < -0.4 is 4.74 Å². The van der Waals surface area contributed by atoms with Crippen molar-refractivity contribution in [2.24, 2.45) is 0 Å². The number of likely N-dealkylation sites (tertiary alicyclic amines) is 1. The fourth-order valence-corrected chi connectivity index (χ4v) is 4.78. The highest BCUT2D eigenvalue weighted by molar-refractivity contribution is 6.46. The smallest absolute Gasteiger partial charge is 0.295 e. The van der Waals surface area contributed by atoms with Crippen molar-refractivity contribution in [2.75, 3.05) is 46.0 Å². The second-order valence-electron chi connectivity index (χ2n) is 9.15. The number of hydrogen-bond donors (Lipinski definition) is 1. The summed E-state index contributed by atoms with van der Waals surface area (Å²) in [5.41, 5.74) is 1.19. The average Bonchev–Trinajstić information content (AvgIpc) is 3.13. The maximum absolute atomic E-state index is 15.0. The van der Waals surface area contributed by atoms with E-state index in [2.05, 4.69) is 4.90 Å². The summed E-state index contributed by atoms with van der Waals surface area (Å²) in [6, 6.07) is 10.2. The Morgan fingerprint density at radius 1 is 1.14 bits per heavy atom. The molecule has 2 saturated heterocycles. The van der Waals surface area contributed by atoms with E-state index in [9.17, 15) is 19.1 Å². The number of nitrogens with zero attached hydrogens (tertiary/aromatic N) is 2. The first-order chi connectivity index (χ1) is 17.4. The van der Waals surface area contributed by atoms with Crippen LogP contribution in [-0.2, 0) is 14.3 Å². The van der Waals surface area contributed by atoms with Crippen molar-refractivity contribution in [3.8, 4) is 5.75 Å². The lowest BCUT2D eigenvalue weighted by atomic mass is 9.93. The van der Waals surface area contributed by atoms with Gasteiger partial charge in [-0.25, -0.2) is 4.39 Å². The first-order valence-corrected chi connectivity index (χ1v) is 12.5. The number of aliphatic hydroxyl groups is 1. The summed E-state index contributed by atoms with van der Waals surface area (Å²) in [6.45, 7) is 8.32. The number of amides is 1. The molecule has 2 fully saturated rings. The summed E-state index contributed by atoms with van der Waals surface area (Å²) in [4.78, 5) is 30.0. The van der Waals surface area contributed by atoms with Crippen molar-refractivity contribution in [1.82, 2.24) is 9.80 Å². The van der Waals surface area contributed by atoms with Crippen LogP contribution in [0, 0.1) is 12.7 Å². The fraction of sp³-hybridized carbons (Fsp3) is 0.429. The molecule has 2 aromatic carbocycles. The third-order valence-electron chi connectivity index (χ3n) is 6.64. The van der Waals surface area contributed by atoms with E-state index in [4.69, 9.17) is 9.47 Å². The summed E-state index contributed by atoms with van der Waals surface area (Å²) in [7, 11) is 0. The molecule has 0 spiro atoms. The number of Topliss-reactive ketones (excluding diaryl/α,β-unsaturated/α-hetero) is 1. The van der Waals surface area contributed by atoms with Crippen LogP contribution in [0.1, 0.15) is 42.5 Å². The number of hydrogen-bond acceptors (Lipinski definition) is 6. The standard InChI is InChI=1S/C28H33FN2O5/c1-3-15-36-20-9-10-21(19(2)18-20)26(32)24-25(22-7-4-5-8-23(22)29)31(28(34)27(24)33)12-6-11-30-13-16-35-17-14-30/h4-5,7-10,18,25,32H,3,6,11-17H2,1-2H3/t25-/m1/s1. The maximum Gasteiger partial charge on any atom is 0.295 e.